The summed E-state index contributed by atoms with van der Waals surface area (Å²) in [5.74, 6) is -1.10. The van der Waals surface area contributed by atoms with Crippen molar-refractivity contribution in [2.24, 2.45) is 0 Å². The lowest BCUT2D eigenvalue weighted by atomic mass is 10.1. The number of rotatable bonds is 52. The average molecular weight is 1080 g/mol. The maximum atomic E-state index is 12.9. The van der Waals surface area contributed by atoms with E-state index in [1.807, 2.05) is 12.2 Å². The van der Waals surface area contributed by atoms with Gasteiger partial charge in [-0.1, -0.05) is 247 Å². The molecule has 79 heavy (non-hydrogen) atoms. The van der Waals surface area contributed by atoms with Gasteiger partial charge in [-0.05, 0) is 154 Å². The molecule has 0 spiro atoms. The van der Waals surface area contributed by atoms with E-state index in [1.165, 1.54) is 0 Å². The van der Waals surface area contributed by atoms with E-state index in [2.05, 4.69) is 215 Å². The van der Waals surface area contributed by atoms with Gasteiger partial charge < -0.3 is 14.2 Å². The summed E-state index contributed by atoms with van der Waals surface area (Å²) in [6.45, 7) is 6.16. The Kier molecular flexibility index (Phi) is 59.6. The van der Waals surface area contributed by atoms with Crippen LogP contribution in [0.1, 0.15) is 213 Å². The van der Waals surface area contributed by atoms with Crippen LogP contribution < -0.4 is 0 Å². The first kappa shape index (κ1) is 73.0. The molecule has 6 nitrogen and oxygen atoms in total. The topological polar surface area (TPSA) is 78.9 Å². The molecule has 0 aromatic carbocycles. The number of unbranched alkanes of at least 4 members (excludes halogenated alkanes) is 7. The molecule has 0 saturated carbocycles. The monoisotopic (exact) mass is 1080 g/mol. The summed E-state index contributed by atoms with van der Waals surface area (Å²) in [4.78, 5) is 38.3. The van der Waals surface area contributed by atoms with E-state index in [9.17, 15) is 14.4 Å². The van der Waals surface area contributed by atoms with Crippen molar-refractivity contribution >= 4 is 17.9 Å². The first-order chi connectivity index (χ1) is 39.0. The summed E-state index contributed by atoms with van der Waals surface area (Å²) >= 11 is 0. The molecule has 0 aliphatic heterocycles. The molecule has 0 aliphatic rings. The van der Waals surface area contributed by atoms with Crippen molar-refractivity contribution < 1.29 is 28.6 Å². The Hall–Kier alpha value is -6.01. The zero-order valence-corrected chi connectivity index (χ0v) is 49.8. The number of ether oxygens (including phenoxy) is 3. The van der Waals surface area contributed by atoms with Gasteiger partial charge in [-0.15, -0.1) is 0 Å². The maximum absolute atomic E-state index is 12.9. The highest BCUT2D eigenvalue weighted by molar-refractivity contribution is 5.71. The van der Waals surface area contributed by atoms with E-state index in [4.69, 9.17) is 14.2 Å². The molecule has 0 N–H and O–H groups in total. The summed E-state index contributed by atoms with van der Waals surface area (Å²) in [5.41, 5.74) is 0. The standard InChI is InChI=1S/C73H108O6/c1-4-7-10-13-16-19-22-25-28-31-34-36-39-42-45-48-51-54-57-60-63-66-72(75)78-69-70(68-77-71(74)65-62-59-56-53-50-47-44-41-38-33-30-27-24-21-18-15-12-9-6-3)79-73(76)67-64-61-58-55-52-49-46-43-40-37-35-32-29-26-23-20-17-14-11-8-5-2/h7-12,16-21,25-30,34-38,41-43,45-47,50-51,54,56,59,70H,4-6,13-15,22-24,31-33,39-40,44,48-49,52-53,55,57-58,60-69H2,1-3H3/b10-7-,11-8-,12-9-,19-16-,20-17-,21-18-,28-25-,29-26-,30-27-,36-34-,37-35-,41-38-,45-42-,46-43-,50-47-,54-51-,59-56-. The minimum absolute atomic E-state index is 0.145. The van der Waals surface area contributed by atoms with Crippen molar-refractivity contribution in [2.75, 3.05) is 13.2 Å². The molecule has 0 heterocycles. The number of esters is 3. The van der Waals surface area contributed by atoms with E-state index in [1.54, 1.807) is 0 Å². The molecule has 0 radical (unpaired) electrons. The third-order valence-corrected chi connectivity index (χ3v) is 11.8. The summed E-state index contributed by atoms with van der Waals surface area (Å²) in [7, 11) is 0. The second-order valence-corrected chi connectivity index (χ2v) is 19.1. The van der Waals surface area contributed by atoms with Crippen LogP contribution in [0.25, 0.3) is 0 Å². The Balaban J connectivity index is 4.67. The van der Waals surface area contributed by atoms with E-state index in [-0.39, 0.29) is 50.4 Å². The third-order valence-electron chi connectivity index (χ3n) is 11.8. The Labute approximate surface area is 483 Å². The fraction of sp³-hybridized carbons (Fsp3) is 0.493. The van der Waals surface area contributed by atoms with Crippen LogP contribution >= 0.6 is 0 Å². The van der Waals surface area contributed by atoms with Crippen LogP contribution in [0.2, 0.25) is 0 Å². The molecule has 436 valence electrons. The summed E-state index contributed by atoms with van der Waals surface area (Å²) < 4.78 is 16.8. The number of hydrogen-bond donors (Lipinski definition) is 0. The number of allylic oxidation sites excluding steroid dienone is 34. The Morgan fingerprint density at radius 3 is 0.810 bits per heavy atom. The fourth-order valence-electron chi connectivity index (χ4n) is 7.32. The van der Waals surface area contributed by atoms with Crippen LogP contribution in [0.15, 0.2) is 207 Å². The lowest BCUT2D eigenvalue weighted by molar-refractivity contribution is -0.166. The highest BCUT2D eigenvalue weighted by Gasteiger charge is 2.19. The number of carbonyl (C=O) groups excluding carboxylic acids is 3. The molecule has 0 bridgehead atoms. The zero-order valence-electron chi connectivity index (χ0n) is 49.8. The van der Waals surface area contributed by atoms with E-state index in [0.717, 1.165) is 161 Å². The van der Waals surface area contributed by atoms with Gasteiger partial charge in [0.25, 0.3) is 0 Å². The second kappa shape index (κ2) is 64.5. The van der Waals surface area contributed by atoms with Crippen LogP contribution in [0.3, 0.4) is 0 Å². The highest BCUT2D eigenvalue weighted by atomic mass is 16.6. The predicted molar refractivity (Wildman–Crippen MR) is 343 cm³/mol. The van der Waals surface area contributed by atoms with Crippen molar-refractivity contribution in [1.29, 1.82) is 0 Å². The van der Waals surface area contributed by atoms with Crippen LogP contribution in [0.4, 0.5) is 0 Å². The lowest BCUT2D eigenvalue weighted by Crippen LogP contribution is -2.30. The van der Waals surface area contributed by atoms with Crippen LogP contribution in [0, 0.1) is 0 Å². The van der Waals surface area contributed by atoms with E-state index < -0.39 is 6.10 Å². The van der Waals surface area contributed by atoms with Gasteiger partial charge >= 0.3 is 17.9 Å². The van der Waals surface area contributed by atoms with Gasteiger partial charge in [-0.25, -0.2) is 0 Å². The minimum Gasteiger partial charge on any atom is -0.462 e. The second-order valence-electron chi connectivity index (χ2n) is 19.1. The SMILES string of the molecule is CC/C=C\C/C=C\C/C=C\C/C=C\C/C=C\C/C=C\CCCCC(=O)OCC(COC(=O)CC/C=C\C/C=C\C/C=C\C/C=C\C/C=C\C/C=C\CC)OC(=O)CCCCCCC/C=C\C/C=C\C/C=C\C/C=C\C/C=C\CC. The minimum atomic E-state index is -0.853. The normalized spacial score (nSPS) is 13.6. The van der Waals surface area contributed by atoms with Gasteiger partial charge in [0.1, 0.15) is 13.2 Å². The smallest absolute Gasteiger partial charge is 0.306 e. The molecule has 0 aliphatic carbocycles. The van der Waals surface area contributed by atoms with Gasteiger partial charge in [0, 0.05) is 19.3 Å². The highest BCUT2D eigenvalue weighted by Crippen LogP contribution is 2.11. The molecule has 0 fully saturated rings. The molecule has 0 amide bonds. The molecule has 6 heteroatoms. The molecule has 0 aromatic rings. The fourth-order valence-corrected chi connectivity index (χ4v) is 7.32. The Morgan fingerprint density at radius 1 is 0.253 bits per heavy atom. The van der Waals surface area contributed by atoms with Gasteiger partial charge in [0.15, 0.2) is 6.10 Å². The van der Waals surface area contributed by atoms with Crippen LogP contribution in [0.5, 0.6) is 0 Å². The van der Waals surface area contributed by atoms with Crippen molar-refractivity contribution in [3.05, 3.63) is 207 Å². The van der Waals surface area contributed by atoms with Gasteiger partial charge in [0.05, 0.1) is 0 Å². The molecular weight excluding hydrogens is 973 g/mol. The zero-order chi connectivity index (χ0) is 57.1. The first-order valence-electron chi connectivity index (χ1n) is 30.6. The van der Waals surface area contributed by atoms with Gasteiger partial charge in [-0.2, -0.15) is 0 Å². The predicted octanol–water partition coefficient (Wildman–Crippen LogP) is 21.2. The summed E-state index contributed by atoms with van der Waals surface area (Å²) in [6.07, 6.45) is 99.7. The van der Waals surface area contributed by atoms with Crippen molar-refractivity contribution in [2.45, 2.75) is 219 Å². The van der Waals surface area contributed by atoms with Crippen LogP contribution in [-0.4, -0.2) is 37.2 Å². The van der Waals surface area contributed by atoms with Gasteiger partial charge in [0.2, 0.25) is 0 Å². The Bertz CT molecular complexity index is 1960. The quantitative estimate of drug-likeness (QED) is 0.0261. The van der Waals surface area contributed by atoms with E-state index >= 15 is 0 Å². The third kappa shape index (κ3) is 62.7. The molecule has 1 unspecified atom stereocenters. The van der Waals surface area contributed by atoms with Crippen molar-refractivity contribution in [1.82, 2.24) is 0 Å². The summed E-state index contributed by atoms with van der Waals surface area (Å²) in [6, 6.07) is 0. The van der Waals surface area contributed by atoms with Crippen molar-refractivity contribution in [3.63, 3.8) is 0 Å². The molecule has 0 aromatic heterocycles. The molecule has 1 atom stereocenters. The molecule has 0 saturated heterocycles. The number of hydrogen-bond acceptors (Lipinski definition) is 6. The van der Waals surface area contributed by atoms with Crippen molar-refractivity contribution in [3.8, 4) is 0 Å². The Morgan fingerprint density at radius 2 is 0.481 bits per heavy atom. The van der Waals surface area contributed by atoms with Crippen LogP contribution in [-0.2, 0) is 28.6 Å². The average Bonchev–Trinajstić information content (AvgIpc) is 3.45. The first-order valence-corrected chi connectivity index (χ1v) is 30.6. The maximum Gasteiger partial charge on any atom is 0.306 e. The largest absolute Gasteiger partial charge is 0.462 e. The summed E-state index contributed by atoms with van der Waals surface area (Å²) in [5, 5.41) is 0. The molecule has 0 rings (SSSR count). The lowest BCUT2D eigenvalue weighted by Gasteiger charge is -2.18. The number of carbonyl (C=O) groups is 3. The molecular formula is C73H108O6. The van der Waals surface area contributed by atoms with Gasteiger partial charge in [-0.3, -0.25) is 14.4 Å². The van der Waals surface area contributed by atoms with E-state index in [0.29, 0.717) is 12.8 Å².